The molecule has 0 aromatic carbocycles. The zero-order valence-electron chi connectivity index (χ0n) is 23.1. The van der Waals surface area contributed by atoms with Crippen molar-refractivity contribution in [2.75, 3.05) is 0 Å². The summed E-state index contributed by atoms with van der Waals surface area (Å²) in [7, 11) is 0. The lowest BCUT2D eigenvalue weighted by atomic mass is 9.42. The van der Waals surface area contributed by atoms with Gasteiger partial charge in [0.15, 0.2) is 0 Å². The van der Waals surface area contributed by atoms with Gasteiger partial charge in [-0.1, -0.05) is 95.1 Å². The van der Waals surface area contributed by atoms with Gasteiger partial charge in [-0.2, -0.15) is 0 Å². The van der Waals surface area contributed by atoms with Crippen LogP contribution in [0.5, 0.6) is 0 Å². The van der Waals surface area contributed by atoms with Crippen LogP contribution in [0.15, 0.2) is 96.3 Å². The third-order valence-electron chi connectivity index (χ3n) is 5.84. The Morgan fingerprint density at radius 3 is 2.41 bits per heavy atom. The monoisotopic (exact) mass is 460 g/mol. The Kier molecular flexibility index (Phi) is 12.9. The molecule has 0 amide bonds. The second kappa shape index (κ2) is 14.8. The molecule has 0 heterocycles. The summed E-state index contributed by atoms with van der Waals surface area (Å²) in [6.07, 6.45) is 25.8. The molecule has 0 spiro atoms. The van der Waals surface area contributed by atoms with Crippen LogP contribution in [0.25, 0.3) is 0 Å². The van der Waals surface area contributed by atoms with E-state index >= 15 is 0 Å². The van der Waals surface area contributed by atoms with Crippen molar-refractivity contribution in [1.82, 2.24) is 10.6 Å². The minimum atomic E-state index is 0.157. The van der Waals surface area contributed by atoms with E-state index in [1.807, 2.05) is 25.3 Å². The summed E-state index contributed by atoms with van der Waals surface area (Å²) < 4.78 is 0. The van der Waals surface area contributed by atoms with Crippen LogP contribution in [0, 0.1) is 10.8 Å². The number of hydrogen-bond donors (Lipinski definition) is 2. The minimum absolute atomic E-state index is 0.157. The third kappa shape index (κ3) is 11.6. The van der Waals surface area contributed by atoms with Crippen molar-refractivity contribution in [3.8, 4) is 0 Å². The molecule has 1 aliphatic carbocycles. The molecular formula is C31H49BN2. The minimum Gasteiger partial charge on any atom is -0.385 e. The van der Waals surface area contributed by atoms with Crippen LogP contribution in [0.4, 0.5) is 0 Å². The van der Waals surface area contributed by atoms with Gasteiger partial charge in [-0.25, -0.2) is 0 Å². The number of hydrogen-bond acceptors (Lipinski definition) is 2. The summed E-state index contributed by atoms with van der Waals surface area (Å²) in [4.78, 5) is 0. The SMILES string of the molecule is C=CCC(N/C=C/C)/C(=C/N/C=C/CC(C)(C)C)B(/C=C/C)/C=C/C1=CCCC(C(C)(C)C)=C1. The molecule has 186 valence electrons. The van der Waals surface area contributed by atoms with E-state index in [0.717, 1.165) is 25.7 Å². The second-order valence-corrected chi connectivity index (χ2v) is 11.3. The van der Waals surface area contributed by atoms with E-state index in [1.165, 1.54) is 16.6 Å². The summed E-state index contributed by atoms with van der Waals surface area (Å²) in [5, 5.41) is 7.00. The van der Waals surface area contributed by atoms with Gasteiger partial charge in [0.1, 0.15) is 0 Å². The van der Waals surface area contributed by atoms with Crippen LogP contribution in [0.2, 0.25) is 0 Å². The molecule has 0 aromatic heterocycles. The van der Waals surface area contributed by atoms with Crippen molar-refractivity contribution in [2.45, 2.75) is 87.1 Å². The Morgan fingerprint density at radius 1 is 1.09 bits per heavy atom. The Bertz CT molecular complexity index is 836. The van der Waals surface area contributed by atoms with Gasteiger partial charge in [0.25, 0.3) is 0 Å². The molecule has 0 fully saturated rings. The van der Waals surface area contributed by atoms with Gasteiger partial charge in [0.05, 0.1) is 0 Å². The Morgan fingerprint density at radius 2 is 1.82 bits per heavy atom. The van der Waals surface area contributed by atoms with E-state index in [1.54, 1.807) is 0 Å². The molecule has 1 aliphatic rings. The largest absolute Gasteiger partial charge is 0.385 e. The van der Waals surface area contributed by atoms with E-state index in [0.29, 0.717) is 0 Å². The molecule has 0 bridgehead atoms. The van der Waals surface area contributed by atoms with Crippen LogP contribution in [-0.2, 0) is 0 Å². The number of rotatable bonds is 12. The van der Waals surface area contributed by atoms with Crippen molar-refractivity contribution in [2.24, 2.45) is 10.8 Å². The zero-order chi connectivity index (χ0) is 25.6. The van der Waals surface area contributed by atoms with Crippen molar-refractivity contribution in [1.29, 1.82) is 0 Å². The highest BCUT2D eigenvalue weighted by atomic mass is 14.9. The Labute approximate surface area is 211 Å². The molecule has 2 N–H and O–H groups in total. The fourth-order valence-corrected chi connectivity index (χ4v) is 3.88. The van der Waals surface area contributed by atoms with Crippen molar-refractivity contribution in [3.63, 3.8) is 0 Å². The highest BCUT2D eigenvalue weighted by Crippen LogP contribution is 2.33. The Balaban J connectivity index is 3.27. The summed E-state index contributed by atoms with van der Waals surface area (Å²) in [6, 6.07) is 0.157. The summed E-state index contributed by atoms with van der Waals surface area (Å²) in [5.74, 6) is 4.60. The molecule has 0 saturated carbocycles. The first-order chi connectivity index (χ1) is 16.0. The molecule has 1 atom stereocenters. The van der Waals surface area contributed by atoms with Crippen molar-refractivity contribution >= 4 is 6.71 Å². The molecule has 0 radical (unpaired) electrons. The van der Waals surface area contributed by atoms with Gasteiger partial charge in [0.2, 0.25) is 6.71 Å². The van der Waals surface area contributed by atoms with E-state index in [-0.39, 0.29) is 23.6 Å². The lowest BCUT2D eigenvalue weighted by Crippen LogP contribution is -2.34. The van der Waals surface area contributed by atoms with E-state index in [4.69, 9.17) is 0 Å². The lowest BCUT2D eigenvalue weighted by molar-refractivity contribution is 0.420. The quantitative estimate of drug-likeness (QED) is 0.226. The van der Waals surface area contributed by atoms with Gasteiger partial charge < -0.3 is 10.6 Å². The van der Waals surface area contributed by atoms with Gasteiger partial charge in [-0.05, 0) is 74.5 Å². The fraction of sp³-hybridized carbons (Fsp3) is 0.484. The van der Waals surface area contributed by atoms with E-state index in [2.05, 4.69) is 120 Å². The fourth-order valence-electron chi connectivity index (χ4n) is 3.88. The van der Waals surface area contributed by atoms with Crippen LogP contribution in [0.3, 0.4) is 0 Å². The molecule has 0 aliphatic heterocycles. The first-order valence-corrected chi connectivity index (χ1v) is 12.8. The third-order valence-corrected chi connectivity index (χ3v) is 5.84. The van der Waals surface area contributed by atoms with E-state index in [9.17, 15) is 0 Å². The predicted octanol–water partition coefficient (Wildman–Crippen LogP) is 8.42. The van der Waals surface area contributed by atoms with Gasteiger partial charge in [-0.15, -0.1) is 18.5 Å². The number of nitrogens with one attached hydrogen (secondary N) is 2. The van der Waals surface area contributed by atoms with Gasteiger partial charge >= 0.3 is 0 Å². The van der Waals surface area contributed by atoms with Crippen LogP contribution in [0.1, 0.15) is 81.1 Å². The molecule has 1 unspecified atom stereocenters. The normalized spacial score (nSPS) is 16.9. The van der Waals surface area contributed by atoms with Crippen LogP contribution >= 0.6 is 0 Å². The highest BCUT2D eigenvalue weighted by Gasteiger charge is 2.22. The smallest absolute Gasteiger partial charge is 0.225 e. The summed E-state index contributed by atoms with van der Waals surface area (Å²) in [5.41, 5.74) is 4.62. The molecule has 1 rings (SSSR count). The topological polar surface area (TPSA) is 24.1 Å². The standard InChI is InChI=1S/C31H49BN2/c1-10-15-29(34-22-12-3)28(25-33-23-14-19-30(4,5)6)32(20-11-2)21-18-26-16-13-17-27(24-26)31(7,8)9/h10-12,14,16,18,20-25,29,33-34H,1,13,15,17,19H2,2-9H3/b20-11+,21-18+,22-12+,23-14+,28-25-. The highest BCUT2D eigenvalue weighted by molar-refractivity contribution is 6.76. The molecule has 3 heteroatoms. The molecule has 0 aromatic rings. The summed E-state index contributed by atoms with van der Waals surface area (Å²) in [6.45, 7) is 22.0. The Hall–Kier alpha value is -2.42. The second-order valence-electron chi connectivity index (χ2n) is 11.3. The first-order valence-electron chi connectivity index (χ1n) is 12.8. The average Bonchev–Trinajstić information content (AvgIpc) is 2.76. The molecule has 0 saturated heterocycles. The molecule has 2 nitrogen and oxygen atoms in total. The van der Waals surface area contributed by atoms with Crippen molar-refractivity contribution < 1.29 is 0 Å². The predicted molar refractivity (Wildman–Crippen MR) is 156 cm³/mol. The van der Waals surface area contributed by atoms with Gasteiger partial charge in [0, 0.05) is 6.04 Å². The molecular weight excluding hydrogens is 411 g/mol. The van der Waals surface area contributed by atoms with Crippen LogP contribution in [-0.4, -0.2) is 12.8 Å². The van der Waals surface area contributed by atoms with Crippen LogP contribution < -0.4 is 10.6 Å². The first kappa shape index (κ1) is 29.6. The maximum atomic E-state index is 4.01. The zero-order valence-corrected chi connectivity index (χ0v) is 23.1. The maximum absolute atomic E-state index is 4.01. The average molecular weight is 461 g/mol. The maximum Gasteiger partial charge on any atom is 0.225 e. The number of allylic oxidation sites excluding steroid dienone is 8. The van der Waals surface area contributed by atoms with Gasteiger partial charge in [-0.3, -0.25) is 0 Å². The van der Waals surface area contributed by atoms with E-state index < -0.39 is 0 Å². The van der Waals surface area contributed by atoms with Crippen molar-refractivity contribution in [3.05, 3.63) is 96.3 Å². The lowest BCUT2D eigenvalue weighted by Gasteiger charge is -2.25. The summed E-state index contributed by atoms with van der Waals surface area (Å²) >= 11 is 0. The molecule has 34 heavy (non-hydrogen) atoms.